The second-order valence-corrected chi connectivity index (χ2v) is 13.1. The Morgan fingerprint density at radius 2 is 0.720 bits per heavy atom. The van der Waals surface area contributed by atoms with E-state index in [2.05, 4.69) is 0 Å². The van der Waals surface area contributed by atoms with Gasteiger partial charge in [0.25, 0.3) is 0 Å². The summed E-state index contributed by atoms with van der Waals surface area (Å²) in [5.41, 5.74) is 0. The second-order valence-electron chi connectivity index (χ2n) is 13.1. The summed E-state index contributed by atoms with van der Waals surface area (Å²) in [6.07, 6.45) is 11.6. The van der Waals surface area contributed by atoms with E-state index in [0.29, 0.717) is 0 Å². The van der Waals surface area contributed by atoms with E-state index < -0.39 is 0 Å². The van der Waals surface area contributed by atoms with Crippen molar-refractivity contribution in [3.05, 3.63) is 0 Å². The van der Waals surface area contributed by atoms with E-state index in [-0.39, 0.29) is 0 Å². The molecule has 0 aliphatic heterocycles. The summed E-state index contributed by atoms with van der Waals surface area (Å²) in [5.74, 6) is 22.9. The van der Waals surface area contributed by atoms with E-state index >= 15 is 0 Å². The van der Waals surface area contributed by atoms with E-state index in [1.165, 1.54) is 107 Å². The molecule has 132 valence electrons. The molecule has 10 aliphatic carbocycles. The van der Waals surface area contributed by atoms with Gasteiger partial charge in [-0.1, -0.05) is 0 Å². The zero-order valence-corrected chi connectivity index (χ0v) is 15.3. The minimum Gasteiger partial charge on any atom is -0.0499 e. The van der Waals surface area contributed by atoms with Crippen LogP contribution in [0.2, 0.25) is 0 Å². The van der Waals surface area contributed by atoms with Crippen molar-refractivity contribution in [2.75, 3.05) is 0 Å². The minimum atomic E-state index is 1.21. The van der Waals surface area contributed by atoms with E-state index in [1.54, 1.807) is 44.9 Å². The third kappa shape index (κ3) is 0.960. The molecule has 0 bridgehead atoms. The normalized spacial score (nSPS) is 84.5. The van der Waals surface area contributed by atoms with Gasteiger partial charge in [-0.15, -0.1) is 0 Å². The van der Waals surface area contributed by atoms with Gasteiger partial charge in [-0.25, -0.2) is 0 Å². The van der Waals surface area contributed by atoms with Crippen LogP contribution in [0.3, 0.4) is 0 Å². The Morgan fingerprint density at radius 3 is 1.12 bits per heavy atom. The van der Waals surface area contributed by atoms with Crippen LogP contribution in [0.1, 0.15) is 44.9 Å². The number of rotatable bonds is 1. The van der Waals surface area contributed by atoms with Crippen LogP contribution in [0.4, 0.5) is 0 Å². The highest BCUT2D eigenvalue weighted by molar-refractivity contribution is 5.35. The summed E-state index contributed by atoms with van der Waals surface area (Å²) >= 11 is 0. The third-order valence-corrected chi connectivity index (χ3v) is 14.0. The molecule has 0 aromatic heterocycles. The van der Waals surface area contributed by atoms with Crippen molar-refractivity contribution in [2.45, 2.75) is 44.9 Å². The van der Waals surface area contributed by atoms with Crippen LogP contribution in [0.5, 0.6) is 0 Å². The van der Waals surface area contributed by atoms with Crippen molar-refractivity contribution < 1.29 is 0 Å². The molecule has 0 amide bonds. The Labute approximate surface area is 151 Å². The molecule has 10 aliphatic rings. The predicted octanol–water partition coefficient (Wildman–Crippen LogP) is 4.94. The van der Waals surface area contributed by atoms with Crippen LogP contribution in [0.15, 0.2) is 0 Å². The van der Waals surface area contributed by atoms with Crippen molar-refractivity contribution in [3.8, 4) is 0 Å². The van der Waals surface area contributed by atoms with Gasteiger partial charge in [0, 0.05) is 0 Å². The predicted molar refractivity (Wildman–Crippen MR) is 95.1 cm³/mol. The molecule has 0 heterocycles. The van der Waals surface area contributed by atoms with Crippen molar-refractivity contribution >= 4 is 0 Å². The third-order valence-electron chi connectivity index (χ3n) is 14.0. The van der Waals surface area contributed by atoms with Gasteiger partial charge in [-0.2, -0.15) is 0 Å². The van der Waals surface area contributed by atoms with Gasteiger partial charge >= 0.3 is 0 Å². The van der Waals surface area contributed by atoms with E-state index in [4.69, 9.17) is 0 Å². The topological polar surface area (TPSA) is 0 Å². The van der Waals surface area contributed by atoms with Crippen LogP contribution < -0.4 is 0 Å². The summed E-state index contributed by atoms with van der Waals surface area (Å²) < 4.78 is 0. The van der Waals surface area contributed by atoms with Gasteiger partial charge in [0.05, 0.1) is 0 Å². The lowest BCUT2D eigenvalue weighted by Gasteiger charge is -2.92. The molecule has 0 spiro atoms. The highest BCUT2D eigenvalue weighted by Gasteiger charge is 2.88. The molecule has 10 saturated carbocycles. The average Bonchev–Trinajstić information content (AvgIpc) is 2.89. The first-order valence-electron chi connectivity index (χ1n) is 12.4. The van der Waals surface area contributed by atoms with E-state index in [0.717, 1.165) is 0 Å². The van der Waals surface area contributed by atoms with Gasteiger partial charge in [-0.3, -0.25) is 0 Å². The average molecular weight is 333 g/mol. The highest BCUT2D eigenvalue weighted by Crippen LogP contribution is 2.92. The molecule has 0 radical (unpaired) electrons. The minimum absolute atomic E-state index is 1.21. The summed E-state index contributed by atoms with van der Waals surface area (Å²) in [7, 11) is 0. The van der Waals surface area contributed by atoms with Crippen molar-refractivity contribution in [1.29, 1.82) is 0 Å². The van der Waals surface area contributed by atoms with Gasteiger partial charge < -0.3 is 0 Å². The maximum Gasteiger partial charge on any atom is -0.0312 e. The SMILES string of the molecule is C1CC2C1CC2C1CC2C(C1)C1C2C2C1C1C3C4C5CCC5C4C3C21. The molecule has 10 rings (SSSR count). The van der Waals surface area contributed by atoms with Crippen LogP contribution in [0, 0.1) is 107 Å². The number of fused-ring (bicyclic) bond motifs is 20. The molecule has 17 unspecified atom stereocenters. The number of hydrogen-bond donors (Lipinski definition) is 0. The Hall–Kier alpha value is 0. The smallest absolute Gasteiger partial charge is 0.0312 e. The molecule has 0 saturated heterocycles. The van der Waals surface area contributed by atoms with Crippen molar-refractivity contribution in [3.63, 3.8) is 0 Å². The molecule has 0 aromatic rings. The molecule has 10 fully saturated rings. The molecule has 0 heteroatoms. The Bertz CT molecular complexity index is 676. The van der Waals surface area contributed by atoms with E-state index in [1.807, 2.05) is 0 Å². The quantitative estimate of drug-likeness (QED) is 0.596. The largest absolute Gasteiger partial charge is 0.0499 e. The zero-order chi connectivity index (χ0) is 15.3. The lowest BCUT2D eigenvalue weighted by atomic mass is 9.12. The van der Waals surface area contributed by atoms with Crippen LogP contribution >= 0.6 is 0 Å². The fourth-order valence-corrected chi connectivity index (χ4v) is 13.3. The molecule has 17 atom stereocenters. The Kier molecular flexibility index (Phi) is 1.70. The van der Waals surface area contributed by atoms with Crippen molar-refractivity contribution in [1.82, 2.24) is 0 Å². The Morgan fingerprint density at radius 1 is 0.280 bits per heavy atom. The van der Waals surface area contributed by atoms with Crippen molar-refractivity contribution in [2.24, 2.45) is 107 Å². The fraction of sp³-hybridized carbons (Fsp3) is 1.00. The molecular weight excluding hydrogens is 300 g/mol. The second kappa shape index (κ2) is 3.41. The van der Waals surface area contributed by atoms with Crippen LogP contribution in [-0.2, 0) is 0 Å². The first-order valence-corrected chi connectivity index (χ1v) is 12.4. The zero-order valence-electron chi connectivity index (χ0n) is 15.3. The Balaban J connectivity index is 0.924. The van der Waals surface area contributed by atoms with Gasteiger partial charge in [0.15, 0.2) is 0 Å². The maximum absolute atomic E-state index is 1.71. The molecular formula is C25H32. The molecule has 0 nitrogen and oxygen atoms in total. The summed E-state index contributed by atoms with van der Waals surface area (Å²) in [6.45, 7) is 0. The van der Waals surface area contributed by atoms with Gasteiger partial charge in [0.2, 0.25) is 0 Å². The lowest BCUT2D eigenvalue weighted by molar-refractivity contribution is -0.455. The van der Waals surface area contributed by atoms with Crippen LogP contribution in [0.25, 0.3) is 0 Å². The number of hydrogen-bond acceptors (Lipinski definition) is 0. The molecule has 25 heavy (non-hydrogen) atoms. The standard InChI is InChI=1S/C25H32/c1-2-10-8(1)5-13(10)9-6-14-15(7-9)19-18(14)22-23(19)25-21-17-12-4-3-11(12)16(17)20(21)24(22)25/h8-25H,1-7H2. The lowest BCUT2D eigenvalue weighted by Crippen LogP contribution is -2.89. The highest BCUT2D eigenvalue weighted by atomic mass is 14.9. The molecule has 0 aromatic carbocycles. The summed E-state index contributed by atoms with van der Waals surface area (Å²) in [5, 5.41) is 0. The first kappa shape index (κ1) is 12.5. The monoisotopic (exact) mass is 332 g/mol. The fourth-order valence-electron chi connectivity index (χ4n) is 13.3. The first-order chi connectivity index (χ1) is 12.4. The summed E-state index contributed by atoms with van der Waals surface area (Å²) in [6, 6.07) is 0. The van der Waals surface area contributed by atoms with E-state index in [9.17, 15) is 0 Å². The van der Waals surface area contributed by atoms with Crippen LogP contribution in [-0.4, -0.2) is 0 Å². The molecule has 0 N–H and O–H groups in total. The maximum atomic E-state index is 1.71. The van der Waals surface area contributed by atoms with Gasteiger partial charge in [0.1, 0.15) is 0 Å². The van der Waals surface area contributed by atoms with Gasteiger partial charge in [-0.05, 0) is 151 Å². The summed E-state index contributed by atoms with van der Waals surface area (Å²) in [4.78, 5) is 0.